The van der Waals surface area contributed by atoms with E-state index in [0.29, 0.717) is 24.6 Å². The summed E-state index contributed by atoms with van der Waals surface area (Å²) in [5, 5.41) is 7.89. The van der Waals surface area contributed by atoms with E-state index >= 15 is 0 Å². The minimum Gasteiger partial charge on any atom is -0.339 e. The molecule has 0 aliphatic heterocycles. The van der Waals surface area contributed by atoms with Gasteiger partial charge in [-0.05, 0) is 23.9 Å². The van der Waals surface area contributed by atoms with E-state index in [1.807, 2.05) is 61.1 Å². The number of carbonyl (C=O) groups is 1. The van der Waals surface area contributed by atoms with E-state index in [1.165, 1.54) is 0 Å². The highest BCUT2D eigenvalue weighted by molar-refractivity contribution is 7.08. The topological polar surface area (TPSA) is 59.2 Å². The predicted molar refractivity (Wildman–Crippen MR) is 93.6 cm³/mol. The second-order valence-electron chi connectivity index (χ2n) is 5.62. The van der Waals surface area contributed by atoms with Crippen LogP contribution in [-0.4, -0.2) is 28.0 Å². The number of thiophene rings is 1. The third kappa shape index (κ3) is 3.71. The molecule has 24 heavy (non-hydrogen) atoms. The number of hydrogen-bond donors (Lipinski definition) is 0. The molecule has 5 nitrogen and oxygen atoms in total. The molecule has 0 saturated carbocycles. The third-order valence-electron chi connectivity index (χ3n) is 4.06. The Morgan fingerprint density at radius 1 is 1.29 bits per heavy atom. The number of aryl methyl sites for hydroxylation is 1. The lowest BCUT2D eigenvalue weighted by Gasteiger charge is -2.25. The van der Waals surface area contributed by atoms with Crippen LogP contribution in [-0.2, 0) is 11.2 Å². The van der Waals surface area contributed by atoms with Crippen molar-refractivity contribution in [2.45, 2.75) is 25.8 Å². The highest BCUT2D eigenvalue weighted by Gasteiger charge is 2.18. The fourth-order valence-corrected chi connectivity index (χ4v) is 3.06. The molecule has 124 valence electrons. The molecule has 1 unspecified atom stereocenters. The van der Waals surface area contributed by atoms with Crippen LogP contribution >= 0.6 is 11.3 Å². The Morgan fingerprint density at radius 3 is 2.79 bits per heavy atom. The molecule has 0 bridgehead atoms. The van der Waals surface area contributed by atoms with Crippen LogP contribution in [0.5, 0.6) is 0 Å². The summed E-state index contributed by atoms with van der Waals surface area (Å²) in [6.07, 6.45) is 0.792. The van der Waals surface area contributed by atoms with Crippen molar-refractivity contribution in [2.75, 3.05) is 7.05 Å². The van der Waals surface area contributed by atoms with Gasteiger partial charge in [0.2, 0.25) is 17.6 Å². The second kappa shape index (κ2) is 7.40. The first kappa shape index (κ1) is 16.4. The quantitative estimate of drug-likeness (QED) is 0.681. The van der Waals surface area contributed by atoms with Gasteiger partial charge in [0.15, 0.2) is 0 Å². The van der Waals surface area contributed by atoms with Crippen molar-refractivity contribution in [1.82, 2.24) is 15.0 Å². The molecule has 0 aliphatic rings. The van der Waals surface area contributed by atoms with Crippen molar-refractivity contribution in [3.63, 3.8) is 0 Å². The SMILES string of the molecule is CC(c1ccccc1)N(C)C(=O)CCc1nc(-c2ccsc2)no1. The van der Waals surface area contributed by atoms with Crippen LogP contribution < -0.4 is 0 Å². The van der Waals surface area contributed by atoms with Crippen molar-refractivity contribution in [1.29, 1.82) is 0 Å². The number of amides is 1. The fraction of sp³-hybridized carbons (Fsp3) is 0.278. The van der Waals surface area contributed by atoms with Crippen LogP contribution in [0, 0.1) is 0 Å². The highest BCUT2D eigenvalue weighted by Crippen LogP contribution is 2.21. The molecule has 2 aromatic heterocycles. The smallest absolute Gasteiger partial charge is 0.227 e. The molecule has 3 aromatic rings. The minimum absolute atomic E-state index is 0.0303. The van der Waals surface area contributed by atoms with E-state index < -0.39 is 0 Å². The lowest BCUT2D eigenvalue weighted by atomic mass is 10.1. The van der Waals surface area contributed by atoms with Gasteiger partial charge >= 0.3 is 0 Å². The molecule has 6 heteroatoms. The monoisotopic (exact) mass is 341 g/mol. The Labute approximate surface area is 144 Å². The lowest BCUT2D eigenvalue weighted by Crippen LogP contribution is -2.29. The zero-order valence-corrected chi connectivity index (χ0v) is 14.5. The zero-order valence-electron chi connectivity index (χ0n) is 13.7. The molecular formula is C18H19N3O2S. The van der Waals surface area contributed by atoms with E-state index in [0.717, 1.165) is 11.1 Å². The molecule has 3 rings (SSSR count). The van der Waals surface area contributed by atoms with Crippen LogP contribution in [0.25, 0.3) is 11.4 Å². The molecule has 1 amide bonds. The van der Waals surface area contributed by atoms with Gasteiger partial charge in [-0.3, -0.25) is 4.79 Å². The molecule has 0 saturated heterocycles. The number of aromatic nitrogens is 2. The van der Waals surface area contributed by atoms with Crippen molar-refractivity contribution in [3.8, 4) is 11.4 Å². The van der Waals surface area contributed by atoms with E-state index in [1.54, 1.807) is 16.2 Å². The zero-order chi connectivity index (χ0) is 16.9. The summed E-state index contributed by atoms with van der Waals surface area (Å²) >= 11 is 1.58. The van der Waals surface area contributed by atoms with Crippen molar-refractivity contribution in [2.24, 2.45) is 0 Å². The molecule has 0 radical (unpaired) electrons. The summed E-state index contributed by atoms with van der Waals surface area (Å²) in [6.45, 7) is 2.02. The molecule has 0 fully saturated rings. The van der Waals surface area contributed by atoms with Crippen molar-refractivity contribution < 1.29 is 9.32 Å². The number of hydrogen-bond acceptors (Lipinski definition) is 5. The summed E-state index contributed by atoms with van der Waals surface area (Å²) in [4.78, 5) is 18.5. The molecule has 1 aromatic carbocycles. The van der Waals surface area contributed by atoms with E-state index in [-0.39, 0.29) is 11.9 Å². The molecular weight excluding hydrogens is 322 g/mol. The minimum atomic E-state index is 0.0303. The number of carbonyl (C=O) groups excluding carboxylic acids is 1. The Morgan fingerprint density at radius 2 is 2.08 bits per heavy atom. The van der Waals surface area contributed by atoms with Gasteiger partial charge in [-0.25, -0.2) is 0 Å². The average Bonchev–Trinajstić information content (AvgIpc) is 3.30. The van der Waals surface area contributed by atoms with Crippen LogP contribution in [0.2, 0.25) is 0 Å². The van der Waals surface area contributed by atoms with Gasteiger partial charge in [0.05, 0.1) is 6.04 Å². The van der Waals surface area contributed by atoms with Gasteiger partial charge in [-0.2, -0.15) is 16.3 Å². The summed E-state index contributed by atoms with van der Waals surface area (Å²) in [5.74, 6) is 1.12. The maximum absolute atomic E-state index is 12.4. The summed E-state index contributed by atoms with van der Waals surface area (Å²) < 4.78 is 5.24. The Hall–Kier alpha value is -2.47. The predicted octanol–water partition coefficient (Wildman–Crippen LogP) is 3.95. The van der Waals surface area contributed by atoms with Crippen LogP contribution in [0.4, 0.5) is 0 Å². The normalized spacial score (nSPS) is 12.1. The molecule has 0 aliphatic carbocycles. The van der Waals surface area contributed by atoms with E-state index in [2.05, 4.69) is 10.1 Å². The summed E-state index contributed by atoms with van der Waals surface area (Å²) in [6, 6.07) is 12.0. The van der Waals surface area contributed by atoms with Gasteiger partial charge in [0.25, 0.3) is 0 Å². The number of nitrogens with zero attached hydrogens (tertiary/aromatic N) is 3. The second-order valence-corrected chi connectivity index (χ2v) is 6.40. The fourth-order valence-electron chi connectivity index (χ4n) is 2.43. The van der Waals surface area contributed by atoms with Gasteiger partial charge in [-0.1, -0.05) is 35.5 Å². The van der Waals surface area contributed by atoms with Gasteiger partial charge in [0.1, 0.15) is 0 Å². The maximum atomic E-state index is 12.4. The largest absolute Gasteiger partial charge is 0.339 e. The third-order valence-corrected chi connectivity index (χ3v) is 4.74. The molecule has 1 atom stereocenters. The van der Waals surface area contributed by atoms with Gasteiger partial charge in [-0.15, -0.1) is 0 Å². The molecule has 0 N–H and O–H groups in total. The maximum Gasteiger partial charge on any atom is 0.227 e. The first-order valence-electron chi connectivity index (χ1n) is 7.81. The Kier molecular flexibility index (Phi) is 5.05. The average molecular weight is 341 g/mol. The number of rotatable bonds is 6. The summed E-state index contributed by atoms with van der Waals surface area (Å²) in [5.41, 5.74) is 2.06. The highest BCUT2D eigenvalue weighted by atomic mass is 32.1. The number of benzene rings is 1. The van der Waals surface area contributed by atoms with Gasteiger partial charge in [0, 0.05) is 30.8 Å². The van der Waals surface area contributed by atoms with Crippen molar-refractivity contribution in [3.05, 3.63) is 58.6 Å². The first-order valence-corrected chi connectivity index (χ1v) is 8.75. The Balaban J connectivity index is 1.57. The molecule has 0 spiro atoms. The van der Waals surface area contributed by atoms with Gasteiger partial charge < -0.3 is 9.42 Å². The van der Waals surface area contributed by atoms with Crippen LogP contribution in [0.3, 0.4) is 0 Å². The van der Waals surface area contributed by atoms with Crippen LogP contribution in [0.1, 0.15) is 30.8 Å². The first-order chi connectivity index (χ1) is 11.6. The van der Waals surface area contributed by atoms with Crippen molar-refractivity contribution >= 4 is 17.2 Å². The molecule has 2 heterocycles. The van der Waals surface area contributed by atoms with E-state index in [9.17, 15) is 4.79 Å². The van der Waals surface area contributed by atoms with Crippen LogP contribution in [0.15, 0.2) is 51.7 Å². The Bertz CT molecular complexity index is 784. The van der Waals surface area contributed by atoms with E-state index in [4.69, 9.17) is 4.52 Å². The standard InChI is InChI=1S/C18H19N3O2S/c1-13(14-6-4-3-5-7-14)21(2)17(22)9-8-16-19-18(20-23-16)15-10-11-24-12-15/h3-7,10-13H,8-9H2,1-2H3. The summed E-state index contributed by atoms with van der Waals surface area (Å²) in [7, 11) is 1.82. The lowest BCUT2D eigenvalue weighted by molar-refractivity contribution is -0.131.